The van der Waals surface area contributed by atoms with Crippen LogP contribution in [0.4, 0.5) is 4.39 Å². The van der Waals surface area contributed by atoms with Gasteiger partial charge in [-0.25, -0.2) is 4.39 Å². The van der Waals surface area contributed by atoms with Gasteiger partial charge >= 0.3 is 0 Å². The minimum Gasteiger partial charge on any atom is -0.372 e. The summed E-state index contributed by atoms with van der Waals surface area (Å²) in [6.07, 6.45) is 8.76. The maximum Gasteiger partial charge on any atom is 0.141 e. The third-order valence-electron chi connectivity index (χ3n) is 7.61. The van der Waals surface area contributed by atoms with E-state index in [2.05, 4.69) is 54.7 Å². The van der Waals surface area contributed by atoms with Crippen molar-refractivity contribution in [3.8, 4) is 0 Å². The highest BCUT2D eigenvalue weighted by atomic mass is 19.1. The summed E-state index contributed by atoms with van der Waals surface area (Å²) in [5.41, 5.74) is 3.18. The molecule has 31 heavy (non-hydrogen) atoms. The van der Waals surface area contributed by atoms with E-state index in [1.165, 1.54) is 17.8 Å². The van der Waals surface area contributed by atoms with Crippen LogP contribution in [-0.2, 0) is 16.7 Å². The van der Waals surface area contributed by atoms with Gasteiger partial charge in [-0.1, -0.05) is 6.07 Å². The number of nitrogens with zero attached hydrogens (tertiary/aromatic N) is 3. The van der Waals surface area contributed by atoms with Crippen LogP contribution in [0.15, 0.2) is 36.7 Å². The van der Waals surface area contributed by atoms with E-state index in [4.69, 9.17) is 4.74 Å². The maximum absolute atomic E-state index is 13.3. The minimum absolute atomic E-state index is 0.0599. The Kier molecular flexibility index (Phi) is 5.95. The highest BCUT2D eigenvalue weighted by molar-refractivity contribution is 5.22. The fourth-order valence-electron chi connectivity index (χ4n) is 5.36. The molecule has 0 aliphatic carbocycles. The molecule has 0 aromatic carbocycles. The molecule has 0 unspecified atom stereocenters. The van der Waals surface area contributed by atoms with Crippen LogP contribution in [0.1, 0.15) is 70.3 Å². The van der Waals surface area contributed by atoms with Crippen molar-refractivity contribution in [2.75, 3.05) is 13.1 Å². The third kappa shape index (κ3) is 4.68. The summed E-state index contributed by atoms with van der Waals surface area (Å²) in [5.74, 6) is -0.278. The molecule has 2 aromatic heterocycles. The van der Waals surface area contributed by atoms with Crippen LogP contribution in [-0.4, -0.2) is 39.7 Å². The highest BCUT2D eigenvalue weighted by Crippen LogP contribution is 2.49. The number of hydrogen-bond donors (Lipinski definition) is 0. The molecule has 0 spiro atoms. The quantitative estimate of drug-likeness (QED) is 0.618. The Balaban J connectivity index is 1.56. The summed E-state index contributed by atoms with van der Waals surface area (Å²) < 4.78 is 19.9. The number of ether oxygens (including phenoxy) is 1. The van der Waals surface area contributed by atoms with Gasteiger partial charge < -0.3 is 4.74 Å². The first-order chi connectivity index (χ1) is 14.6. The lowest BCUT2D eigenvalue weighted by Crippen LogP contribution is -2.45. The van der Waals surface area contributed by atoms with Gasteiger partial charge in [-0.05, 0) is 97.0 Å². The molecular weight excluding hydrogens is 389 g/mol. The van der Waals surface area contributed by atoms with E-state index in [1.54, 1.807) is 0 Å². The van der Waals surface area contributed by atoms with Crippen LogP contribution >= 0.6 is 0 Å². The molecule has 4 nitrogen and oxygen atoms in total. The van der Waals surface area contributed by atoms with Crippen molar-refractivity contribution in [2.24, 2.45) is 5.41 Å². The summed E-state index contributed by atoms with van der Waals surface area (Å²) in [7, 11) is 0. The molecule has 5 heteroatoms. The van der Waals surface area contributed by atoms with E-state index in [-0.39, 0.29) is 28.5 Å². The van der Waals surface area contributed by atoms with Gasteiger partial charge in [0.15, 0.2) is 0 Å². The lowest BCUT2D eigenvalue weighted by molar-refractivity contribution is -0.0789. The SMILES string of the molecule is Cc1ccc(C(C)(C)N2CC[C@@](CCc3ccc(F)cn3)([C@H]3CCC(C)(C)O3)C2)cn1. The molecule has 2 aliphatic rings. The molecule has 0 N–H and O–H groups in total. The third-order valence-corrected chi connectivity index (χ3v) is 7.61. The molecular formula is C26H36FN3O. The van der Waals surface area contributed by atoms with Gasteiger partial charge in [0.2, 0.25) is 0 Å². The molecule has 168 valence electrons. The zero-order chi connectivity index (χ0) is 22.3. The summed E-state index contributed by atoms with van der Waals surface area (Å²) in [5, 5.41) is 0. The fourth-order valence-corrected chi connectivity index (χ4v) is 5.36. The van der Waals surface area contributed by atoms with Crippen molar-refractivity contribution in [3.63, 3.8) is 0 Å². The van der Waals surface area contributed by atoms with Gasteiger partial charge in [0.05, 0.1) is 17.9 Å². The Morgan fingerprint density at radius 1 is 1.13 bits per heavy atom. The molecule has 2 atom stereocenters. The van der Waals surface area contributed by atoms with Gasteiger partial charge in [-0.3, -0.25) is 14.9 Å². The van der Waals surface area contributed by atoms with Crippen LogP contribution in [0.3, 0.4) is 0 Å². The molecule has 4 heterocycles. The number of aryl methyl sites for hydroxylation is 2. The van der Waals surface area contributed by atoms with Crippen LogP contribution in [0.2, 0.25) is 0 Å². The smallest absolute Gasteiger partial charge is 0.141 e. The van der Waals surface area contributed by atoms with E-state index in [0.717, 1.165) is 56.6 Å². The first-order valence-electron chi connectivity index (χ1n) is 11.6. The van der Waals surface area contributed by atoms with Gasteiger partial charge in [-0.2, -0.15) is 0 Å². The Labute approximate surface area is 186 Å². The topological polar surface area (TPSA) is 38.2 Å². The Morgan fingerprint density at radius 3 is 2.55 bits per heavy atom. The van der Waals surface area contributed by atoms with Crippen LogP contribution in [0.25, 0.3) is 0 Å². The zero-order valence-electron chi connectivity index (χ0n) is 19.6. The van der Waals surface area contributed by atoms with Crippen molar-refractivity contribution < 1.29 is 9.13 Å². The molecule has 4 rings (SSSR count). The monoisotopic (exact) mass is 425 g/mol. The van der Waals surface area contributed by atoms with E-state index in [9.17, 15) is 4.39 Å². The first-order valence-corrected chi connectivity index (χ1v) is 11.6. The number of hydrogen-bond acceptors (Lipinski definition) is 4. The van der Waals surface area contributed by atoms with E-state index in [1.807, 2.05) is 19.2 Å². The second kappa shape index (κ2) is 8.25. The first kappa shape index (κ1) is 22.3. The van der Waals surface area contributed by atoms with Crippen molar-refractivity contribution in [1.29, 1.82) is 0 Å². The molecule has 2 aromatic rings. The Hall–Kier alpha value is -1.85. The van der Waals surface area contributed by atoms with Crippen molar-refractivity contribution in [3.05, 3.63) is 59.4 Å². The second-order valence-corrected chi connectivity index (χ2v) is 10.7. The van der Waals surface area contributed by atoms with Gasteiger partial charge in [0, 0.05) is 35.1 Å². The summed E-state index contributed by atoms with van der Waals surface area (Å²) in [6, 6.07) is 7.64. The lowest BCUT2D eigenvalue weighted by Gasteiger charge is -2.40. The number of aromatic nitrogens is 2. The van der Waals surface area contributed by atoms with E-state index >= 15 is 0 Å². The highest BCUT2D eigenvalue weighted by Gasteiger charge is 2.51. The lowest BCUT2D eigenvalue weighted by atomic mass is 9.75. The number of rotatable bonds is 6. The van der Waals surface area contributed by atoms with Gasteiger partial charge in [0.25, 0.3) is 0 Å². The fraction of sp³-hybridized carbons (Fsp3) is 0.615. The number of pyridine rings is 2. The maximum atomic E-state index is 13.3. The Bertz CT molecular complexity index is 894. The molecule has 0 bridgehead atoms. The second-order valence-electron chi connectivity index (χ2n) is 10.7. The Morgan fingerprint density at radius 2 is 1.94 bits per heavy atom. The average molecular weight is 426 g/mol. The van der Waals surface area contributed by atoms with E-state index in [0.29, 0.717) is 0 Å². The molecule has 2 saturated heterocycles. The number of halogens is 1. The van der Waals surface area contributed by atoms with Crippen LogP contribution in [0.5, 0.6) is 0 Å². The van der Waals surface area contributed by atoms with Crippen LogP contribution in [0, 0.1) is 18.2 Å². The van der Waals surface area contributed by atoms with E-state index < -0.39 is 0 Å². The predicted molar refractivity (Wildman–Crippen MR) is 121 cm³/mol. The molecule has 0 saturated carbocycles. The van der Waals surface area contributed by atoms with Gasteiger partial charge in [-0.15, -0.1) is 0 Å². The standard InChI is InChI=1S/C26H36FN3O/c1-19-6-7-20(16-28-19)25(4,5)30-15-14-26(18-30,23-11-12-24(2,3)31-23)13-10-22-9-8-21(27)17-29-22/h6-9,16-17,23H,10-15,18H2,1-5H3/t23-,26-/m1/s1. The summed E-state index contributed by atoms with van der Waals surface area (Å²) in [4.78, 5) is 11.5. The normalized spacial score (nSPS) is 26.5. The zero-order valence-corrected chi connectivity index (χ0v) is 19.6. The summed E-state index contributed by atoms with van der Waals surface area (Å²) >= 11 is 0. The number of likely N-dealkylation sites (tertiary alicyclic amines) is 1. The summed E-state index contributed by atoms with van der Waals surface area (Å²) in [6.45, 7) is 13.1. The van der Waals surface area contributed by atoms with Crippen molar-refractivity contribution >= 4 is 0 Å². The predicted octanol–water partition coefficient (Wildman–Crippen LogP) is 5.44. The minimum atomic E-state index is -0.278. The molecule has 0 radical (unpaired) electrons. The molecule has 0 amide bonds. The molecule has 2 fully saturated rings. The van der Waals surface area contributed by atoms with Crippen molar-refractivity contribution in [2.45, 2.75) is 84.0 Å². The average Bonchev–Trinajstić information content (AvgIpc) is 3.33. The molecule has 2 aliphatic heterocycles. The largest absolute Gasteiger partial charge is 0.372 e. The van der Waals surface area contributed by atoms with Crippen molar-refractivity contribution in [1.82, 2.24) is 14.9 Å². The van der Waals surface area contributed by atoms with Crippen LogP contribution < -0.4 is 0 Å². The van der Waals surface area contributed by atoms with Gasteiger partial charge in [0.1, 0.15) is 5.82 Å².